The Morgan fingerprint density at radius 2 is 1.73 bits per heavy atom. The van der Waals surface area contributed by atoms with Crippen LogP contribution in [0.5, 0.6) is 0 Å². The van der Waals surface area contributed by atoms with Crippen molar-refractivity contribution in [2.45, 2.75) is 71.1 Å². The number of aromatic amines is 1. The highest BCUT2D eigenvalue weighted by Gasteiger charge is 2.32. The molecule has 33 heavy (non-hydrogen) atoms. The van der Waals surface area contributed by atoms with E-state index in [-0.39, 0.29) is 30.4 Å². The van der Waals surface area contributed by atoms with E-state index < -0.39 is 47.9 Å². The van der Waals surface area contributed by atoms with Crippen LogP contribution in [0.3, 0.4) is 0 Å². The topological polar surface area (TPSA) is 179 Å². The Hall–Kier alpha value is -2.60. The van der Waals surface area contributed by atoms with Gasteiger partial charge in [0.1, 0.15) is 18.1 Å². The normalized spacial score (nSPS) is 15.7. The zero-order valence-corrected chi connectivity index (χ0v) is 20.4. The van der Waals surface area contributed by atoms with Crippen molar-refractivity contribution in [1.82, 2.24) is 25.9 Å². The number of carbonyl (C=O) groups excluding carboxylic acids is 3. The number of carbonyl (C=O) groups is 4. The van der Waals surface area contributed by atoms with Gasteiger partial charge in [-0.15, -0.1) is 0 Å². The molecule has 3 amide bonds. The highest BCUT2D eigenvalue weighted by molar-refractivity contribution is 7.80. The molecule has 5 unspecified atom stereocenters. The Labute approximate surface area is 199 Å². The van der Waals surface area contributed by atoms with E-state index in [2.05, 4.69) is 38.5 Å². The lowest BCUT2D eigenvalue weighted by Crippen LogP contribution is -2.59. The summed E-state index contributed by atoms with van der Waals surface area (Å²) in [5.41, 5.74) is 6.26. The molecule has 1 heterocycles. The van der Waals surface area contributed by atoms with Gasteiger partial charge in [0.25, 0.3) is 0 Å². The number of hydrogen-bond acceptors (Lipinski definition) is 7. The predicted molar refractivity (Wildman–Crippen MR) is 126 cm³/mol. The van der Waals surface area contributed by atoms with Crippen LogP contribution in [0.1, 0.15) is 46.2 Å². The molecule has 0 radical (unpaired) electrons. The van der Waals surface area contributed by atoms with Crippen molar-refractivity contribution < 1.29 is 24.3 Å². The number of aromatic nitrogens is 2. The fraction of sp³-hybridized carbons (Fsp3) is 0.667. The summed E-state index contributed by atoms with van der Waals surface area (Å²) in [6.45, 7) is 7.44. The largest absolute Gasteiger partial charge is 0.480 e. The third-order valence-corrected chi connectivity index (χ3v) is 5.65. The third kappa shape index (κ3) is 9.42. The first-order valence-corrected chi connectivity index (χ1v) is 11.6. The Morgan fingerprint density at radius 1 is 1.09 bits per heavy atom. The fourth-order valence-corrected chi connectivity index (χ4v) is 3.26. The number of imidazole rings is 1. The zero-order valence-electron chi connectivity index (χ0n) is 19.5. The van der Waals surface area contributed by atoms with Crippen molar-refractivity contribution >= 4 is 36.3 Å². The molecule has 1 aromatic heterocycles. The number of hydrogen-bond donors (Lipinski definition) is 7. The molecular formula is C21H36N6O5S. The average molecular weight is 485 g/mol. The minimum atomic E-state index is -1.21. The summed E-state index contributed by atoms with van der Waals surface area (Å²) in [6.07, 6.45) is 3.79. The fourth-order valence-electron chi connectivity index (χ4n) is 3.10. The van der Waals surface area contributed by atoms with Gasteiger partial charge in [-0.25, -0.2) is 9.78 Å². The summed E-state index contributed by atoms with van der Waals surface area (Å²) >= 11 is 4.01. The number of nitrogens with two attached hydrogens (primary N) is 1. The van der Waals surface area contributed by atoms with Crippen molar-refractivity contribution in [1.29, 1.82) is 0 Å². The van der Waals surface area contributed by atoms with E-state index in [0.29, 0.717) is 12.1 Å². The molecule has 0 saturated heterocycles. The summed E-state index contributed by atoms with van der Waals surface area (Å²) in [5, 5.41) is 17.4. The quantitative estimate of drug-likeness (QED) is 0.179. The second-order valence-corrected chi connectivity index (χ2v) is 8.90. The number of nitrogens with one attached hydrogen (secondary N) is 4. The Balaban J connectivity index is 2.99. The van der Waals surface area contributed by atoms with Gasteiger partial charge in [-0.1, -0.05) is 34.1 Å². The Bertz CT molecular complexity index is 788. The van der Waals surface area contributed by atoms with Crippen LogP contribution in [-0.2, 0) is 25.6 Å². The van der Waals surface area contributed by atoms with E-state index in [9.17, 15) is 24.3 Å². The number of amides is 3. The number of rotatable bonds is 14. The minimum absolute atomic E-state index is 0.0105. The van der Waals surface area contributed by atoms with Crippen LogP contribution < -0.4 is 21.7 Å². The molecule has 7 N–H and O–H groups in total. The van der Waals surface area contributed by atoms with Crippen molar-refractivity contribution in [2.75, 3.05) is 5.75 Å². The molecule has 5 atom stereocenters. The molecule has 0 fully saturated rings. The lowest BCUT2D eigenvalue weighted by molar-refractivity contribution is -0.142. The van der Waals surface area contributed by atoms with Crippen LogP contribution in [0.2, 0.25) is 0 Å². The molecule has 11 nitrogen and oxygen atoms in total. The predicted octanol–water partition coefficient (Wildman–Crippen LogP) is -0.159. The van der Waals surface area contributed by atoms with Crippen LogP contribution >= 0.6 is 12.6 Å². The number of H-pyrrole nitrogens is 1. The average Bonchev–Trinajstić information content (AvgIpc) is 3.27. The van der Waals surface area contributed by atoms with Crippen molar-refractivity contribution in [3.8, 4) is 0 Å². The maximum Gasteiger partial charge on any atom is 0.326 e. The molecule has 1 rings (SSSR count). The maximum atomic E-state index is 13.1. The number of thiol groups is 1. The van der Waals surface area contributed by atoms with Crippen LogP contribution in [-0.4, -0.2) is 68.7 Å². The smallest absolute Gasteiger partial charge is 0.326 e. The molecule has 0 bridgehead atoms. The summed E-state index contributed by atoms with van der Waals surface area (Å²) in [4.78, 5) is 56.6. The SMILES string of the molecule is CCC(C)C(NC(=O)C(N)CS)C(=O)NC(CC(C)C)C(=O)NC(Cc1cnc[nH]1)C(=O)O. The number of aliphatic carboxylic acids is 1. The van der Waals surface area contributed by atoms with E-state index in [4.69, 9.17) is 5.73 Å². The van der Waals surface area contributed by atoms with Gasteiger partial charge in [-0.2, -0.15) is 12.6 Å². The molecule has 0 aliphatic carbocycles. The number of carboxylic acids is 1. The van der Waals surface area contributed by atoms with Crippen LogP contribution in [0, 0.1) is 11.8 Å². The van der Waals surface area contributed by atoms with E-state index >= 15 is 0 Å². The highest BCUT2D eigenvalue weighted by atomic mass is 32.1. The zero-order chi connectivity index (χ0) is 25.1. The molecule has 1 aromatic rings. The van der Waals surface area contributed by atoms with Gasteiger partial charge in [0.05, 0.1) is 12.4 Å². The van der Waals surface area contributed by atoms with Crippen molar-refractivity contribution in [2.24, 2.45) is 17.6 Å². The minimum Gasteiger partial charge on any atom is -0.480 e. The molecule has 0 saturated carbocycles. The van der Waals surface area contributed by atoms with E-state index in [1.54, 1.807) is 6.92 Å². The molecule has 186 valence electrons. The Kier molecular flexibility index (Phi) is 11.9. The molecular weight excluding hydrogens is 448 g/mol. The highest BCUT2D eigenvalue weighted by Crippen LogP contribution is 2.12. The molecule has 12 heteroatoms. The summed E-state index contributed by atoms with van der Waals surface area (Å²) in [7, 11) is 0. The van der Waals surface area contributed by atoms with Gasteiger partial charge in [-0.05, 0) is 18.3 Å². The monoisotopic (exact) mass is 484 g/mol. The van der Waals surface area contributed by atoms with Gasteiger partial charge in [0, 0.05) is 24.1 Å². The second kappa shape index (κ2) is 13.8. The van der Waals surface area contributed by atoms with Gasteiger partial charge in [0.2, 0.25) is 17.7 Å². The maximum absolute atomic E-state index is 13.1. The first-order valence-electron chi connectivity index (χ1n) is 11.0. The Morgan fingerprint density at radius 3 is 2.21 bits per heavy atom. The number of carboxylic acid groups (broad SMARTS) is 1. The molecule has 0 aromatic carbocycles. The molecule has 0 aliphatic heterocycles. The lowest BCUT2D eigenvalue weighted by atomic mass is 9.96. The third-order valence-electron chi connectivity index (χ3n) is 5.26. The van der Waals surface area contributed by atoms with Crippen molar-refractivity contribution in [3.05, 3.63) is 18.2 Å². The van der Waals surface area contributed by atoms with Gasteiger partial charge < -0.3 is 31.8 Å². The van der Waals surface area contributed by atoms with Crippen LogP contribution in [0.15, 0.2) is 12.5 Å². The summed E-state index contributed by atoms with van der Waals surface area (Å²) < 4.78 is 0. The lowest BCUT2D eigenvalue weighted by Gasteiger charge is -2.28. The van der Waals surface area contributed by atoms with Gasteiger partial charge in [0.15, 0.2) is 0 Å². The van der Waals surface area contributed by atoms with Crippen molar-refractivity contribution in [3.63, 3.8) is 0 Å². The standard InChI is InChI=1S/C21H36N6O5S/c1-5-12(4)17(27-18(28)14(22)9-33)20(30)25-15(6-11(2)3)19(29)26-16(21(31)32)7-13-8-23-10-24-13/h8,10-12,14-17,33H,5-7,9,22H2,1-4H3,(H,23,24)(H,25,30)(H,26,29)(H,27,28)(H,31,32). The summed E-state index contributed by atoms with van der Waals surface area (Å²) in [6, 6.07) is -3.97. The second-order valence-electron chi connectivity index (χ2n) is 8.53. The van der Waals surface area contributed by atoms with Crippen LogP contribution in [0.25, 0.3) is 0 Å². The number of nitrogens with zero attached hydrogens (tertiary/aromatic N) is 1. The van der Waals surface area contributed by atoms with E-state index in [1.807, 2.05) is 20.8 Å². The van der Waals surface area contributed by atoms with Crippen LogP contribution in [0.4, 0.5) is 0 Å². The molecule has 0 aliphatic rings. The first kappa shape index (κ1) is 28.4. The van der Waals surface area contributed by atoms with E-state index in [1.165, 1.54) is 12.5 Å². The van der Waals surface area contributed by atoms with E-state index in [0.717, 1.165) is 0 Å². The summed E-state index contributed by atoms with van der Waals surface area (Å²) in [5.74, 6) is -2.96. The van der Waals surface area contributed by atoms with Gasteiger partial charge >= 0.3 is 5.97 Å². The van der Waals surface area contributed by atoms with Gasteiger partial charge in [-0.3, -0.25) is 14.4 Å². The first-order chi connectivity index (χ1) is 15.5. The molecule has 0 spiro atoms.